The first-order valence-corrected chi connectivity index (χ1v) is 12.6. The Labute approximate surface area is 242 Å². The van der Waals surface area contributed by atoms with E-state index in [1.165, 1.54) is 21.9 Å². The molecule has 1 aliphatic rings. The van der Waals surface area contributed by atoms with E-state index < -0.39 is 0 Å². The summed E-state index contributed by atoms with van der Waals surface area (Å²) in [6, 6.07) is 44.6. The summed E-state index contributed by atoms with van der Waals surface area (Å²) in [4.78, 5) is 4.34. The van der Waals surface area contributed by atoms with Gasteiger partial charge < -0.3 is 14.9 Å². The van der Waals surface area contributed by atoms with Crippen molar-refractivity contribution >= 4 is 46.2 Å². The normalized spacial score (nSPS) is 11.8. The van der Waals surface area contributed by atoms with Crippen LogP contribution in [0.1, 0.15) is 0 Å². The van der Waals surface area contributed by atoms with Crippen LogP contribution in [0.2, 0.25) is 0 Å². The summed E-state index contributed by atoms with van der Waals surface area (Å²) in [6.45, 7) is 0.0132. The van der Waals surface area contributed by atoms with E-state index in [2.05, 4.69) is 100 Å². The van der Waals surface area contributed by atoms with Gasteiger partial charge in [-0.3, -0.25) is 0 Å². The Kier molecular flexibility index (Phi) is 7.04. The molecule has 188 valence electrons. The zero-order valence-electron chi connectivity index (χ0n) is 20.8. The van der Waals surface area contributed by atoms with Gasteiger partial charge in [-0.2, -0.15) is 34.1 Å². The predicted molar refractivity (Wildman–Crippen MR) is 154 cm³/mol. The number of fused-ring (bicyclic) bond motifs is 2. The minimum atomic E-state index is -0.0729. The Balaban J connectivity index is 0.00000277. The molecule has 4 nitrogen and oxygen atoms in total. The zero-order chi connectivity index (χ0) is 25.3. The molecule has 0 amide bonds. The smallest absolute Gasteiger partial charge is 0.216 e. The molecule has 7 rings (SSSR count). The van der Waals surface area contributed by atoms with Crippen LogP contribution >= 0.6 is 0 Å². The maximum Gasteiger partial charge on any atom is 0.216 e. The van der Waals surface area contributed by atoms with E-state index in [1.54, 1.807) is 12.4 Å². The molecule has 0 fully saturated rings. The molecule has 39 heavy (non-hydrogen) atoms. The van der Waals surface area contributed by atoms with Crippen molar-refractivity contribution in [2.75, 3.05) is 0 Å². The standard InChI is InChI=1S/C32H20B2N3O.Pt/c1-2-10-24(11-3-1)33-27-13-4-5-14-28(27)34(25-12-8-9-23(21-25)31-18-20-36-37-31)30-22-26(16-17-29(30)33)38-32-15-6-7-19-35-32;/h1-20H;/q-3;. The van der Waals surface area contributed by atoms with E-state index in [0.717, 1.165) is 22.2 Å². The van der Waals surface area contributed by atoms with E-state index in [9.17, 15) is 0 Å². The molecule has 2 aromatic heterocycles. The van der Waals surface area contributed by atoms with Crippen LogP contribution in [-0.2, 0) is 21.1 Å². The summed E-state index contributed by atoms with van der Waals surface area (Å²) in [5, 5.41) is 8.27. The molecule has 0 spiro atoms. The number of nitrogens with zero attached hydrogens (tertiary/aromatic N) is 3. The van der Waals surface area contributed by atoms with Gasteiger partial charge in [-0.25, -0.2) is 10.7 Å². The van der Waals surface area contributed by atoms with Gasteiger partial charge >= 0.3 is 0 Å². The molecule has 0 saturated heterocycles. The fourth-order valence-electron chi connectivity index (χ4n) is 5.44. The van der Waals surface area contributed by atoms with Crippen LogP contribution in [-0.4, -0.2) is 23.5 Å². The molecule has 0 bridgehead atoms. The molecule has 3 heterocycles. The van der Waals surface area contributed by atoms with Crippen molar-refractivity contribution < 1.29 is 25.8 Å². The molecule has 0 atom stereocenters. The van der Waals surface area contributed by atoms with Crippen LogP contribution in [0.3, 0.4) is 0 Å². The van der Waals surface area contributed by atoms with Gasteiger partial charge in [-0.05, 0) is 12.3 Å². The second kappa shape index (κ2) is 10.9. The number of rotatable bonds is 5. The Morgan fingerprint density at radius 1 is 0.641 bits per heavy atom. The zero-order valence-corrected chi connectivity index (χ0v) is 23.0. The second-order valence-corrected chi connectivity index (χ2v) is 9.30. The first kappa shape index (κ1) is 25.2. The number of aromatic nitrogens is 3. The van der Waals surface area contributed by atoms with E-state index >= 15 is 0 Å². The minimum Gasteiger partial charge on any atom is -0.619 e. The van der Waals surface area contributed by atoms with Crippen LogP contribution in [0, 0.1) is 12.1 Å². The maximum atomic E-state index is 6.15. The molecule has 0 radical (unpaired) electrons. The number of ether oxygens (including phenoxy) is 1. The van der Waals surface area contributed by atoms with E-state index in [1.807, 2.05) is 36.4 Å². The quantitative estimate of drug-likeness (QED) is 0.206. The molecule has 0 saturated carbocycles. The molecule has 1 aliphatic heterocycles. The van der Waals surface area contributed by atoms with Crippen molar-refractivity contribution in [3.05, 3.63) is 134 Å². The van der Waals surface area contributed by atoms with E-state index in [4.69, 9.17) is 4.74 Å². The summed E-state index contributed by atoms with van der Waals surface area (Å²) < 4.78 is 6.15. The first-order valence-electron chi connectivity index (χ1n) is 12.6. The van der Waals surface area contributed by atoms with Crippen molar-refractivity contribution in [1.29, 1.82) is 0 Å². The molecule has 0 N–H and O–H groups in total. The van der Waals surface area contributed by atoms with Gasteiger partial charge in [0.2, 0.25) is 5.88 Å². The Morgan fingerprint density at radius 3 is 2.21 bits per heavy atom. The molecule has 0 unspecified atom stereocenters. The van der Waals surface area contributed by atoms with Gasteiger partial charge in [0.1, 0.15) is 0 Å². The molecular weight excluding hydrogens is 659 g/mol. The molecule has 7 heteroatoms. The minimum absolute atomic E-state index is 0. The molecule has 4 aromatic carbocycles. The summed E-state index contributed by atoms with van der Waals surface area (Å²) >= 11 is 0. The van der Waals surface area contributed by atoms with Crippen LogP contribution in [0.5, 0.6) is 11.6 Å². The van der Waals surface area contributed by atoms with Crippen molar-refractivity contribution in [2.45, 2.75) is 0 Å². The SMILES string of the molecule is [Pt].[c-]1c(B2c3[c-]c(Oc4ccccn4)ccc3B(c3ccccc3)c3ccccc32)cccc1-c1ccn[n-]1. The second-order valence-electron chi connectivity index (χ2n) is 9.30. The number of hydrogen-bond donors (Lipinski definition) is 0. The first-order chi connectivity index (χ1) is 18.8. The van der Waals surface area contributed by atoms with Gasteiger partial charge in [0.25, 0.3) is 0 Å². The molecule has 6 aromatic rings. The Bertz CT molecular complexity index is 1710. The fraction of sp³-hybridized carbons (Fsp3) is 0. The van der Waals surface area contributed by atoms with Crippen LogP contribution in [0.4, 0.5) is 0 Å². The van der Waals surface area contributed by atoms with Gasteiger partial charge in [0.05, 0.1) is 0 Å². The van der Waals surface area contributed by atoms with Crippen molar-refractivity contribution in [2.24, 2.45) is 0 Å². The third-order valence-electron chi connectivity index (χ3n) is 7.06. The van der Waals surface area contributed by atoms with Gasteiger partial charge in [0, 0.05) is 39.1 Å². The summed E-state index contributed by atoms with van der Waals surface area (Å²) in [5.74, 6) is 1.18. The van der Waals surface area contributed by atoms with Gasteiger partial charge in [-0.15, -0.1) is 36.4 Å². The van der Waals surface area contributed by atoms with Crippen LogP contribution in [0.25, 0.3) is 11.3 Å². The summed E-state index contributed by atoms with van der Waals surface area (Å²) in [5.41, 5.74) is 8.85. The van der Waals surface area contributed by atoms with Gasteiger partial charge in [-0.1, -0.05) is 77.1 Å². The maximum absolute atomic E-state index is 6.15. The fourth-order valence-corrected chi connectivity index (χ4v) is 5.44. The van der Waals surface area contributed by atoms with E-state index in [0.29, 0.717) is 11.6 Å². The summed E-state index contributed by atoms with van der Waals surface area (Å²) in [7, 11) is 0. The van der Waals surface area contributed by atoms with Crippen molar-refractivity contribution in [3.8, 4) is 22.9 Å². The third kappa shape index (κ3) is 4.77. The Hall–Kier alpha value is -4.14. The molecule has 0 aliphatic carbocycles. The van der Waals surface area contributed by atoms with Crippen molar-refractivity contribution in [1.82, 2.24) is 15.2 Å². The monoisotopic (exact) mass is 679 g/mol. The number of benzene rings is 4. The van der Waals surface area contributed by atoms with Crippen LogP contribution < -0.4 is 42.6 Å². The molecular formula is C32H20B2N3OPt-3. The van der Waals surface area contributed by atoms with Crippen LogP contribution in [0.15, 0.2) is 122 Å². The van der Waals surface area contributed by atoms with Crippen molar-refractivity contribution in [3.63, 3.8) is 0 Å². The third-order valence-corrected chi connectivity index (χ3v) is 7.06. The Morgan fingerprint density at radius 2 is 1.44 bits per heavy atom. The summed E-state index contributed by atoms with van der Waals surface area (Å²) in [6.07, 6.45) is 3.44. The van der Waals surface area contributed by atoms with Gasteiger partial charge in [0.15, 0.2) is 13.4 Å². The largest absolute Gasteiger partial charge is 0.619 e. The average molecular weight is 679 g/mol. The predicted octanol–water partition coefficient (Wildman–Crippen LogP) is 1.84. The number of hydrogen-bond acceptors (Lipinski definition) is 3. The average Bonchev–Trinajstić information content (AvgIpc) is 3.52. The van der Waals surface area contributed by atoms with E-state index in [-0.39, 0.29) is 34.5 Å². The number of pyridine rings is 1. The topological polar surface area (TPSA) is 49.1 Å².